The average Bonchev–Trinajstić information content (AvgIpc) is 1.61. The molecule has 0 fully saturated rings. The van der Waals surface area contributed by atoms with E-state index in [1.807, 2.05) is 0 Å². The zero-order chi connectivity index (χ0) is 5.70. The topological polar surface area (TPSA) is 65.7 Å². The maximum absolute atomic E-state index is 5.26. The third-order valence-electron chi connectivity index (χ3n) is 0.657. The second kappa shape index (κ2) is 4.05. The van der Waals surface area contributed by atoms with Crippen molar-refractivity contribution in [3.8, 4) is 0 Å². The third-order valence-corrected chi connectivity index (χ3v) is 0.657. The molecule has 0 aliphatic heterocycles. The lowest BCUT2D eigenvalue weighted by Gasteiger charge is -2.00. The van der Waals surface area contributed by atoms with E-state index in [9.17, 15) is 0 Å². The summed E-state index contributed by atoms with van der Waals surface area (Å²) in [6, 6.07) is 0. The largest absolute Gasteiger partial charge is 0.330 e. The molecule has 0 aliphatic carbocycles. The van der Waals surface area contributed by atoms with Crippen molar-refractivity contribution in [1.82, 2.24) is 5.32 Å². The Morgan fingerprint density at radius 1 is 1.86 bits per heavy atom. The molecular formula is C4H14N3+. The monoisotopic (exact) mass is 104 g/mol. The van der Waals surface area contributed by atoms with Crippen LogP contribution in [0.5, 0.6) is 0 Å². The van der Waals surface area contributed by atoms with Gasteiger partial charge in [-0.15, -0.1) is 0 Å². The molecule has 0 aliphatic rings. The van der Waals surface area contributed by atoms with E-state index in [2.05, 4.69) is 18.0 Å². The molecule has 0 aromatic rings. The van der Waals surface area contributed by atoms with Gasteiger partial charge in [-0.1, -0.05) is 6.92 Å². The first kappa shape index (κ1) is 6.88. The molecule has 3 nitrogen and oxygen atoms in total. The lowest BCUT2D eigenvalue weighted by Crippen LogP contribution is -2.73. The summed E-state index contributed by atoms with van der Waals surface area (Å²) in [5, 5.41) is 2.96. The van der Waals surface area contributed by atoms with Crippen LogP contribution in [0, 0.1) is 0 Å². The minimum atomic E-state index is -0.0973. The highest BCUT2D eigenvalue weighted by Crippen LogP contribution is 1.65. The molecule has 0 aromatic carbocycles. The van der Waals surface area contributed by atoms with Gasteiger partial charge in [0, 0.05) is 6.54 Å². The molecule has 1 unspecified atom stereocenters. The van der Waals surface area contributed by atoms with Gasteiger partial charge in [0.05, 0.1) is 0 Å². The fourth-order valence-electron chi connectivity index (χ4n) is 0.330. The quantitative estimate of drug-likeness (QED) is 0.380. The van der Waals surface area contributed by atoms with E-state index in [0.29, 0.717) is 0 Å². The van der Waals surface area contributed by atoms with Gasteiger partial charge in [0.1, 0.15) is 0 Å². The number of quaternary nitrogens is 1. The van der Waals surface area contributed by atoms with Crippen LogP contribution in [-0.4, -0.2) is 12.8 Å². The number of nitrogens with one attached hydrogen (secondary N) is 1. The Balaban J connectivity index is 2.68. The summed E-state index contributed by atoms with van der Waals surface area (Å²) >= 11 is 0. The Morgan fingerprint density at radius 3 is 2.57 bits per heavy atom. The summed E-state index contributed by atoms with van der Waals surface area (Å²) < 4.78 is 0. The van der Waals surface area contributed by atoms with E-state index in [4.69, 9.17) is 5.73 Å². The van der Waals surface area contributed by atoms with E-state index in [-0.39, 0.29) is 6.29 Å². The Morgan fingerprint density at radius 2 is 2.43 bits per heavy atom. The van der Waals surface area contributed by atoms with Crippen LogP contribution < -0.4 is 16.8 Å². The van der Waals surface area contributed by atoms with Crippen LogP contribution in [0.25, 0.3) is 0 Å². The predicted molar refractivity (Wildman–Crippen MR) is 29.2 cm³/mol. The van der Waals surface area contributed by atoms with Crippen LogP contribution in [0.3, 0.4) is 0 Å². The fraction of sp³-hybridized carbons (Fsp3) is 1.00. The van der Waals surface area contributed by atoms with Gasteiger partial charge in [-0.05, 0) is 6.42 Å². The summed E-state index contributed by atoms with van der Waals surface area (Å²) in [7, 11) is 0. The normalized spacial score (nSPS) is 14.1. The van der Waals surface area contributed by atoms with Crippen LogP contribution in [-0.2, 0) is 0 Å². The first-order chi connectivity index (χ1) is 3.27. The van der Waals surface area contributed by atoms with Crippen LogP contribution in [0.15, 0.2) is 0 Å². The molecule has 0 saturated carbocycles. The van der Waals surface area contributed by atoms with Crippen molar-refractivity contribution in [2.24, 2.45) is 5.73 Å². The maximum Gasteiger partial charge on any atom is 0.192 e. The first-order valence-corrected chi connectivity index (χ1v) is 2.59. The number of nitrogens with two attached hydrogens (primary N) is 1. The molecule has 0 radical (unpaired) electrons. The second-order valence-electron chi connectivity index (χ2n) is 1.56. The van der Waals surface area contributed by atoms with Crippen molar-refractivity contribution in [3.63, 3.8) is 0 Å². The summed E-state index contributed by atoms with van der Waals surface area (Å²) in [6.07, 6.45) is 1.02. The Bertz CT molecular complexity index is 35.9. The minimum absolute atomic E-state index is 0.0973. The summed E-state index contributed by atoms with van der Waals surface area (Å²) in [5.74, 6) is 0. The standard InChI is InChI=1S/C4H13N3/c1-2-3-7-4(5)6/h4,7H,2-3,5-6H2,1H3/p+1. The summed E-state index contributed by atoms with van der Waals surface area (Å²) in [4.78, 5) is 0. The molecule has 0 bridgehead atoms. The van der Waals surface area contributed by atoms with Crippen LogP contribution in [0.2, 0.25) is 0 Å². The Labute approximate surface area is 44.1 Å². The molecule has 0 spiro atoms. The molecule has 0 heterocycles. The van der Waals surface area contributed by atoms with Crippen molar-refractivity contribution in [1.29, 1.82) is 0 Å². The fourth-order valence-corrected chi connectivity index (χ4v) is 0.330. The van der Waals surface area contributed by atoms with Crippen molar-refractivity contribution >= 4 is 0 Å². The predicted octanol–water partition coefficient (Wildman–Crippen LogP) is -1.53. The molecule has 1 atom stereocenters. The number of hydrogen-bond acceptors (Lipinski definition) is 2. The lowest BCUT2D eigenvalue weighted by atomic mass is 10.5. The van der Waals surface area contributed by atoms with Gasteiger partial charge < -0.3 is 5.73 Å². The Kier molecular flexibility index (Phi) is 3.98. The molecule has 0 aromatic heterocycles. The van der Waals surface area contributed by atoms with Crippen molar-refractivity contribution in [3.05, 3.63) is 0 Å². The van der Waals surface area contributed by atoms with Gasteiger partial charge in [-0.2, -0.15) is 0 Å². The molecule has 7 heavy (non-hydrogen) atoms. The van der Waals surface area contributed by atoms with Gasteiger partial charge in [0.15, 0.2) is 6.29 Å². The maximum atomic E-state index is 5.26. The molecule has 3 heteroatoms. The highest BCUT2D eigenvalue weighted by molar-refractivity contribution is 4.38. The zero-order valence-corrected chi connectivity index (χ0v) is 4.78. The van der Waals surface area contributed by atoms with Gasteiger partial charge >= 0.3 is 0 Å². The van der Waals surface area contributed by atoms with E-state index in [1.165, 1.54) is 0 Å². The highest BCUT2D eigenvalue weighted by atomic mass is 15.1. The SMILES string of the molecule is CCCNC(N)[NH3+]. The van der Waals surface area contributed by atoms with Gasteiger partial charge in [-0.3, -0.25) is 11.1 Å². The summed E-state index contributed by atoms with van der Waals surface area (Å²) in [6.45, 7) is 3.06. The highest BCUT2D eigenvalue weighted by Gasteiger charge is 1.89. The second-order valence-corrected chi connectivity index (χ2v) is 1.56. The Hall–Kier alpha value is -0.120. The lowest BCUT2D eigenvalue weighted by molar-refractivity contribution is -0.427. The first-order valence-electron chi connectivity index (χ1n) is 2.59. The van der Waals surface area contributed by atoms with E-state index >= 15 is 0 Å². The van der Waals surface area contributed by atoms with Crippen LogP contribution in [0.1, 0.15) is 13.3 Å². The number of rotatable bonds is 3. The van der Waals surface area contributed by atoms with Gasteiger partial charge in [0.2, 0.25) is 0 Å². The van der Waals surface area contributed by atoms with Gasteiger partial charge in [0.25, 0.3) is 0 Å². The molecule has 6 N–H and O–H groups in total. The van der Waals surface area contributed by atoms with E-state index < -0.39 is 0 Å². The van der Waals surface area contributed by atoms with Crippen molar-refractivity contribution in [2.75, 3.05) is 6.54 Å². The molecule has 0 amide bonds. The van der Waals surface area contributed by atoms with Crippen molar-refractivity contribution < 1.29 is 5.73 Å². The van der Waals surface area contributed by atoms with E-state index in [0.717, 1.165) is 13.0 Å². The molecule has 0 rings (SSSR count). The summed E-state index contributed by atoms with van der Waals surface area (Å²) in [5.41, 5.74) is 8.80. The average molecular weight is 104 g/mol. The third kappa shape index (κ3) is 5.88. The van der Waals surface area contributed by atoms with Crippen molar-refractivity contribution in [2.45, 2.75) is 19.6 Å². The number of hydrogen-bond donors (Lipinski definition) is 3. The van der Waals surface area contributed by atoms with Crippen LogP contribution >= 0.6 is 0 Å². The van der Waals surface area contributed by atoms with Gasteiger partial charge in [-0.25, -0.2) is 0 Å². The molecule has 0 saturated heterocycles. The zero-order valence-electron chi connectivity index (χ0n) is 4.78. The van der Waals surface area contributed by atoms with E-state index in [1.54, 1.807) is 0 Å². The molecule has 44 valence electrons. The van der Waals surface area contributed by atoms with Crippen LogP contribution in [0.4, 0.5) is 0 Å². The molecular weight excluding hydrogens is 90.1 g/mol. The smallest absolute Gasteiger partial charge is 0.192 e. The minimum Gasteiger partial charge on any atom is -0.330 e.